The molecule has 0 heterocycles. The van der Waals surface area contributed by atoms with E-state index in [9.17, 15) is 19.4 Å². The molecule has 71 heavy (non-hydrogen) atoms. The monoisotopic (exact) mass is 1010 g/mol. The first kappa shape index (κ1) is 68.7. The Balaban J connectivity index is 4.28. The van der Waals surface area contributed by atoms with Crippen LogP contribution >= 0.6 is 7.82 Å². The van der Waals surface area contributed by atoms with Gasteiger partial charge in [-0.1, -0.05) is 253 Å². The third kappa shape index (κ3) is 55.3. The minimum atomic E-state index is -4.61. The van der Waals surface area contributed by atoms with E-state index in [1.165, 1.54) is 148 Å². The van der Waals surface area contributed by atoms with Crippen LogP contribution in [0, 0.1) is 0 Å². The predicted octanol–water partition coefficient (Wildman–Crippen LogP) is 17.4. The third-order valence-corrected chi connectivity index (χ3v) is 13.8. The number of unbranched alkanes of at least 4 members (excludes halogenated alkanes) is 28. The molecule has 2 N–H and O–H groups in total. The number of quaternary nitrogens is 1. The van der Waals surface area contributed by atoms with Crippen LogP contribution in [0.15, 0.2) is 85.1 Å². The summed E-state index contributed by atoms with van der Waals surface area (Å²) in [5, 5.41) is 13.9. The van der Waals surface area contributed by atoms with Crippen molar-refractivity contribution in [1.29, 1.82) is 0 Å². The van der Waals surface area contributed by atoms with Gasteiger partial charge in [0, 0.05) is 6.42 Å². The number of carbonyl (C=O) groups is 1. The second-order valence-electron chi connectivity index (χ2n) is 21.0. The number of nitrogens with zero attached hydrogens (tertiary/aromatic N) is 1. The van der Waals surface area contributed by atoms with Crippen molar-refractivity contribution in [2.45, 2.75) is 264 Å². The Kier molecular flexibility index (Phi) is 50.8. The second kappa shape index (κ2) is 52.5. The molecule has 0 saturated carbocycles. The van der Waals surface area contributed by atoms with E-state index in [-0.39, 0.29) is 12.5 Å². The zero-order valence-corrected chi connectivity index (χ0v) is 47.8. The van der Waals surface area contributed by atoms with Crippen LogP contribution in [0.2, 0.25) is 0 Å². The molecule has 0 spiro atoms. The molecule has 0 rings (SSSR count). The molecule has 0 fully saturated rings. The molecular weight excluding hydrogens is 900 g/mol. The van der Waals surface area contributed by atoms with Crippen LogP contribution in [0.5, 0.6) is 0 Å². The van der Waals surface area contributed by atoms with E-state index in [1.807, 2.05) is 27.2 Å². The molecule has 0 aromatic rings. The van der Waals surface area contributed by atoms with Crippen molar-refractivity contribution < 1.29 is 32.9 Å². The molecule has 3 atom stereocenters. The lowest BCUT2D eigenvalue weighted by Crippen LogP contribution is -2.45. The number of phosphoric ester groups is 1. The smallest absolute Gasteiger partial charge is 0.268 e. The molecule has 1 amide bonds. The molecule has 0 aromatic heterocycles. The van der Waals surface area contributed by atoms with Crippen LogP contribution in [0.1, 0.15) is 251 Å². The minimum absolute atomic E-state index is 0.0113. The average molecular weight is 1010 g/mol. The molecular formula is C62H113N2O6P. The van der Waals surface area contributed by atoms with Crippen molar-refractivity contribution in [1.82, 2.24) is 5.32 Å². The van der Waals surface area contributed by atoms with E-state index >= 15 is 0 Å². The van der Waals surface area contributed by atoms with E-state index in [2.05, 4.69) is 92.1 Å². The lowest BCUT2D eigenvalue weighted by molar-refractivity contribution is -0.870. The number of phosphoric acid groups is 1. The fourth-order valence-corrected chi connectivity index (χ4v) is 8.98. The molecule has 0 radical (unpaired) electrons. The number of hydrogen-bond donors (Lipinski definition) is 2. The van der Waals surface area contributed by atoms with Crippen molar-refractivity contribution in [2.75, 3.05) is 40.9 Å². The molecule has 9 heteroatoms. The van der Waals surface area contributed by atoms with Gasteiger partial charge in [0.15, 0.2) is 0 Å². The summed E-state index contributed by atoms with van der Waals surface area (Å²) >= 11 is 0. The van der Waals surface area contributed by atoms with Gasteiger partial charge in [-0.3, -0.25) is 9.36 Å². The first-order valence-electron chi connectivity index (χ1n) is 29.4. The summed E-state index contributed by atoms with van der Waals surface area (Å²) in [7, 11) is 1.23. The fraction of sp³-hybridized carbons (Fsp3) is 0.758. The quantitative estimate of drug-likeness (QED) is 0.0272. The van der Waals surface area contributed by atoms with Crippen molar-refractivity contribution in [3.8, 4) is 0 Å². The number of allylic oxidation sites excluding steroid dienone is 13. The maximum Gasteiger partial charge on any atom is 0.268 e. The van der Waals surface area contributed by atoms with Gasteiger partial charge in [0.2, 0.25) is 5.91 Å². The number of hydrogen-bond acceptors (Lipinski definition) is 6. The Morgan fingerprint density at radius 3 is 1.31 bits per heavy atom. The van der Waals surface area contributed by atoms with Crippen molar-refractivity contribution in [3.05, 3.63) is 85.1 Å². The van der Waals surface area contributed by atoms with Gasteiger partial charge in [0.05, 0.1) is 39.9 Å². The Labute approximate surface area is 439 Å². The first-order chi connectivity index (χ1) is 34.5. The van der Waals surface area contributed by atoms with Gasteiger partial charge < -0.3 is 28.8 Å². The number of nitrogens with one attached hydrogen (secondary N) is 1. The van der Waals surface area contributed by atoms with Crippen molar-refractivity contribution in [2.24, 2.45) is 0 Å². The number of rotatable bonds is 53. The topological polar surface area (TPSA) is 108 Å². The zero-order valence-electron chi connectivity index (χ0n) is 46.9. The highest BCUT2D eigenvalue weighted by Crippen LogP contribution is 2.38. The van der Waals surface area contributed by atoms with Gasteiger partial charge in [0.25, 0.3) is 7.82 Å². The first-order valence-corrected chi connectivity index (χ1v) is 30.9. The summed E-state index contributed by atoms with van der Waals surface area (Å²) in [6, 6.07) is -0.913. The predicted molar refractivity (Wildman–Crippen MR) is 307 cm³/mol. The van der Waals surface area contributed by atoms with Crippen LogP contribution in [-0.4, -0.2) is 68.5 Å². The normalized spacial score (nSPS) is 14.5. The molecule has 0 aliphatic rings. The number of amides is 1. The summed E-state index contributed by atoms with van der Waals surface area (Å²) in [5.74, 6) is -0.215. The molecule has 0 aliphatic carbocycles. The summed E-state index contributed by atoms with van der Waals surface area (Å²) in [4.78, 5) is 25.5. The highest BCUT2D eigenvalue weighted by Gasteiger charge is 2.23. The van der Waals surface area contributed by atoms with Gasteiger partial charge in [0.1, 0.15) is 13.2 Å². The SMILES string of the molecule is CC/C=C\C/C=C\C/C=C\C/C=C\C/C=C\CCCCCCCCCCCC(=O)NC(COP(=O)([O-])OCC[N+](C)(C)C)C(O)/C=C/CC/C=C/CCCCCCCCCCCCCCCCCCCC. The standard InChI is InChI=1S/C62H113N2O6P/c1-6-8-10-12-14-16-18-20-22-24-26-28-30-32-34-36-38-40-42-44-46-48-50-52-54-56-62(66)63-60(59-70-71(67,68)69-58-57-64(3,4)5)61(65)55-53-51-49-47-45-43-41-39-37-35-33-31-29-27-25-23-21-19-17-15-13-11-9-7-2/h8,10,14,16,20,22,26,28,32,34,45,47,53,55,60-61,65H,6-7,9,11-13,15,17-19,21,23-25,27,29-31,33,35-44,46,48-52,54,56-59H2,1-5H3,(H-,63,66,67,68)/b10-8-,16-14-,22-20-,28-26-,34-32-,47-45+,55-53+. The Morgan fingerprint density at radius 2 is 0.873 bits per heavy atom. The molecule has 412 valence electrons. The Morgan fingerprint density at radius 1 is 0.507 bits per heavy atom. The van der Waals surface area contributed by atoms with E-state index in [4.69, 9.17) is 9.05 Å². The van der Waals surface area contributed by atoms with Gasteiger partial charge in [-0.05, 0) is 77.0 Å². The number of aliphatic hydroxyl groups excluding tert-OH is 1. The summed E-state index contributed by atoms with van der Waals surface area (Å²) < 4.78 is 23.3. The number of likely N-dealkylation sites (N-methyl/N-ethyl adjacent to an activating group) is 1. The zero-order chi connectivity index (χ0) is 52.0. The highest BCUT2D eigenvalue weighted by atomic mass is 31.2. The van der Waals surface area contributed by atoms with Crippen LogP contribution < -0.4 is 10.2 Å². The molecule has 0 aromatic carbocycles. The van der Waals surface area contributed by atoms with Crippen molar-refractivity contribution >= 4 is 13.7 Å². The maximum atomic E-state index is 13.0. The lowest BCUT2D eigenvalue weighted by Gasteiger charge is -2.29. The van der Waals surface area contributed by atoms with E-state index in [1.54, 1.807) is 6.08 Å². The molecule has 0 aliphatic heterocycles. The van der Waals surface area contributed by atoms with Crippen LogP contribution in [0.25, 0.3) is 0 Å². The van der Waals surface area contributed by atoms with Gasteiger partial charge in [-0.25, -0.2) is 0 Å². The maximum absolute atomic E-state index is 13.0. The minimum Gasteiger partial charge on any atom is -0.756 e. The van der Waals surface area contributed by atoms with Crippen LogP contribution in [-0.2, 0) is 18.4 Å². The van der Waals surface area contributed by atoms with Gasteiger partial charge in [-0.2, -0.15) is 0 Å². The number of carbonyl (C=O) groups excluding carboxylic acids is 1. The van der Waals surface area contributed by atoms with Gasteiger partial charge >= 0.3 is 0 Å². The van der Waals surface area contributed by atoms with Gasteiger partial charge in [-0.15, -0.1) is 0 Å². The third-order valence-electron chi connectivity index (χ3n) is 12.8. The second-order valence-corrected chi connectivity index (χ2v) is 22.4. The van der Waals surface area contributed by atoms with E-state index < -0.39 is 26.6 Å². The lowest BCUT2D eigenvalue weighted by atomic mass is 10.0. The molecule has 8 nitrogen and oxygen atoms in total. The largest absolute Gasteiger partial charge is 0.756 e. The summed E-state index contributed by atoms with van der Waals surface area (Å²) in [6.07, 6.45) is 73.8. The highest BCUT2D eigenvalue weighted by molar-refractivity contribution is 7.45. The summed E-state index contributed by atoms with van der Waals surface area (Å²) in [5.41, 5.74) is 0. The summed E-state index contributed by atoms with van der Waals surface area (Å²) in [6.45, 7) is 4.52. The molecule has 0 saturated heterocycles. The fourth-order valence-electron chi connectivity index (χ4n) is 8.26. The molecule has 0 bridgehead atoms. The van der Waals surface area contributed by atoms with E-state index in [0.717, 1.165) is 83.5 Å². The average Bonchev–Trinajstić information content (AvgIpc) is 3.33. The van der Waals surface area contributed by atoms with Crippen LogP contribution in [0.4, 0.5) is 0 Å². The van der Waals surface area contributed by atoms with Crippen LogP contribution in [0.3, 0.4) is 0 Å². The Bertz CT molecular complexity index is 1430. The molecule has 3 unspecified atom stereocenters. The Hall–Kier alpha value is -2.32. The van der Waals surface area contributed by atoms with Crippen molar-refractivity contribution in [3.63, 3.8) is 0 Å². The van der Waals surface area contributed by atoms with E-state index in [0.29, 0.717) is 17.4 Å². The number of aliphatic hydroxyl groups is 1.